The van der Waals surface area contributed by atoms with Crippen LogP contribution >= 0.6 is 11.6 Å². The Morgan fingerprint density at radius 1 is 1.23 bits per heavy atom. The molecule has 1 unspecified atom stereocenters. The molecule has 0 bridgehead atoms. The second kappa shape index (κ2) is 7.58. The summed E-state index contributed by atoms with van der Waals surface area (Å²) in [6.07, 6.45) is -0.0678. The Bertz CT molecular complexity index is 527. The van der Waals surface area contributed by atoms with E-state index in [9.17, 15) is 14.7 Å². The van der Waals surface area contributed by atoms with Crippen molar-refractivity contribution in [2.75, 3.05) is 38.5 Å². The van der Waals surface area contributed by atoms with E-state index in [1.807, 2.05) is 11.9 Å². The summed E-state index contributed by atoms with van der Waals surface area (Å²) in [5.74, 6) is -1.27. The lowest BCUT2D eigenvalue weighted by Gasteiger charge is -2.35. The number of halogens is 1. The maximum Gasteiger partial charge on any atom is 0.321 e. The van der Waals surface area contributed by atoms with Gasteiger partial charge in [-0.3, -0.25) is 14.5 Å². The Morgan fingerprint density at radius 3 is 2.36 bits per heavy atom. The number of hydrogen-bond donors (Lipinski definition) is 2. The largest absolute Gasteiger partial charge is 0.480 e. The first-order chi connectivity index (χ1) is 10.5. The van der Waals surface area contributed by atoms with Crippen LogP contribution in [0.25, 0.3) is 0 Å². The summed E-state index contributed by atoms with van der Waals surface area (Å²) in [4.78, 5) is 27.5. The SMILES string of the molecule is CN1CCN(C(CC(=O)Nc2ccc(Cl)cc2)C(=O)O)CC1. The molecule has 1 aromatic rings. The van der Waals surface area contributed by atoms with Gasteiger partial charge in [0.1, 0.15) is 6.04 Å². The van der Waals surface area contributed by atoms with Crippen LogP contribution in [-0.4, -0.2) is 66.1 Å². The van der Waals surface area contributed by atoms with Crippen LogP contribution in [0.5, 0.6) is 0 Å². The molecule has 1 atom stereocenters. The molecule has 1 aliphatic rings. The molecule has 120 valence electrons. The maximum absolute atomic E-state index is 12.1. The van der Waals surface area contributed by atoms with Gasteiger partial charge in [-0.1, -0.05) is 11.6 Å². The highest BCUT2D eigenvalue weighted by molar-refractivity contribution is 6.30. The summed E-state index contributed by atoms with van der Waals surface area (Å²) in [6, 6.07) is 5.93. The van der Waals surface area contributed by atoms with Crippen molar-refractivity contribution < 1.29 is 14.7 Å². The number of anilines is 1. The maximum atomic E-state index is 12.1. The molecule has 2 rings (SSSR count). The predicted octanol–water partition coefficient (Wildman–Crippen LogP) is 1.37. The number of carbonyl (C=O) groups is 2. The lowest BCUT2D eigenvalue weighted by Crippen LogP contribution is -2.52. The van der Waals surface area contributed by atoms with Gasteiger partial charge in [-0.15, -0.1) is 0 Å². The molecule has 1 aromatic carbocycles. The van der Waals surface area contributed by atoms with Crippen molar-refractivity contribution in [2.45, 2.75) is 12.5 Å². The molecule has 1 aliphatic heterocycles. The number of hydrogen-bond acceptors (Lipinski definition) is 4. The van der Waals surface area contributed by atoms with Crippen LogP contribution in [0.4, 0.5) is 5.69 Å². The van der Waals surface area contributed by atoms with Gasteiger partial charge in [0.25, 0.3) is 0 Å². The second-order valence-electron chi connectivity index (χ2n) is 5.45. The van der Waals surface area contributed by atoms with Crippen molar-refractivity contribution >= 4 is 29.2 Å². The van der Waals surface area contributed by atoms with E-state index < -0.39 is 12.0 Å². The Kier molecular flexibility index (Phi) is 5.76. The molecule has 1 saturated heterocycles. The molecule has 0 radical (unpaired) electrons. The minimum Gasteiger partial charge on any atom is -0.480 e. The van der Waals surface area contributed by atoms with Crippen LogP contribution in [0.1, 0.15) is 6.42 Å². The summed E-state index contributed by atoms with van der Waals surface area (Å²) in [5.41, 5.74) is 0.608. The molecule has 0 spiro atoms. The smallest absolute Gasteiger partial charge is 0.321 e. The fraction of sp³-hybridized carbons (Fsp3) is 0.467. The van der Waals surface area contributed by atoms with Crippen molar-refractivity contribution in [1.82, 2.24) is 9.80 Å². The molecule has 6 nitrogen and oxygen atoms in total. The molecule has 0 aromatic heterocycles. The standard InChI is InChI=1S/C15H20ClN3O3/c1-18-6-8-19(9-7-18)13(15(21)22)10-14(20)17-12-4-2-11(16)3-5-12/h2-5,13H,6-10H2,1H3,(H,17,20)(H,21,22). The third-order valence-corrected chi connectivity index (χ3v) is 4.02. The Balaban J connectivity index is 1.94. The van der Waals surface area contributed by atoms with Crippen molar-refractivity contribution in [3.8, 4) is 0 Å². The first-order valence-corrected chi connectivity index (χ1v) is 7.54. The number of carboxylic acids is 1. The van der Waals surface area contributed by atoms with Gasteiger partial charge in [-0.05, 0) is 31.3 Å². The molecule has 2 N–H and O–H groups in total. The molecule has 0 aliphatic carbocycles. The molecule has 1 heterocycles. The van der Waals surface area contributed by atoms with Crippen molar-refractivity contribution in [3.63, 3.8) is 0 Å². The zero-order valence-electron chi connectivity index (χ0n) is 12.5. The fourth-order valence-electron chi connectivity index (χ4n) is 2.43. The average Bonchev–Trinajstić information content (AvgIpc) is 2.48. The van der Waals surface area contributed by atoms with E-state index >= 15 is 0 Å². The van der Waals surface area contributed by atoms with E-state index in [-0.39, 0.29) is 12.3 Å². The van der Waals surface area contributed by atoms with E-state index in [0.717, 1.165) is 13.1 Å². The average molecular weight is 326 g/mol. The highest BCUT2D eigenvalue weighted by Crippen LogP contribution is 2.15. The topological polar surface area (TPSA) is 72.9 Å². The van der Waals surface area contributed by atoms with Gasteiger partial charge in [0.05, 0.1) is 6.42 Å². The highest BCUT2D eigenvalue weighted by atomic mass is 35.5. The molecule has 22 heavy (non-hydrogen) atoms. The number of rotatable bonds is 5. The minimum atomic E-state index is -0.962. The van der Waals surface area contributed by atoms with Crippen molar-refractivity contribution in [2.24, 2.45) is 0 Å². The minimum absolute atomic E-state index is 0.0678. The van der Waals surface area contributed by atoms with Crippen LogP contribution in [0.3, 0.4) is 0 Å². The second-order valence-corrected chi connectivity index (χ2v) is 5.89. The van der Waals surface area contributed by atoms with Gasteiger partial charge < -0.3 is 15.3 Å². The van der Waals surface area contributed by atoms with E-state index in [1.165, 1.54) is 0 Å². The number of benzene rings is 1. The van der Waals surface area contributed by atoms with Crippen LogP contribution in [0.2, 0.25) is 5.02 Å². The lowest BCUT2D eigenvalue weighted by atomic mass is 10.1. The van der Waals surface area contributed by atoms with E-state index in [2.05, 4.69) is 10.2 Å². The number of piperazine rings is 1. The zero-order valence-corrected chi connectivity index (χ0v) is 13.2. The van der Waals surface area contributed by atoms with Crippen molar-refractivity contribution in [1.29, 1.82) is 0 Å². The number of amides is 1. The Hall–Kier alpha value is -1.63. The van der Waals surface area contributed by atoms with Gasteiger partial charge in [0.2, 0.25) is 5.91 Å². The number of carbonyl (C=O) groups excluding carboxylic acids is 1. The van der Waals surface area contributed by atoms with Gasteiger partial charge >= 0.3 is 5.97 Å². The number of nitrogens with one attached hydrogen (secondary N) is 1. The summed E-state index contributed by atoms with van der Waals surface area (Å²) < 4.78 is 0. The molecule has 1 amide bonds. The third-order valence-electron chi connectivity index (χ3n) is 3.77. The summed E-state index contributed by atoms with van der Waals surface area (Å²) in [7, 11) is 2.00. The number of aliphatic carboxylic acids is 1. The van der Waals surface area contributed by atoms with Gasteiger partial charge in [-0.25, -0.2) is 0 Å². The number of likely N-dealkylation sites (N-methyl/N-ethyl adjacent to an activating group) is 1. The van der Waals surface area contributed by atoms with Crippen molar-refractivity contribution in [3.05, 3.63) is 29.3 Å². The third kappa shape index (κ3) is 4.69. The van der Waals surface area contributed by atoms with E-state index in [4.69, 9.17) is 11.6 Å². The fourth-order valence-corrected chi connectivity index (χ4v) is 2.55. The monoisotopic (exact) mass is 325 g/mol. The van der Waals surface area contributed by atoms with Crippen LogP contribution in [0.15, 0.2) is 24.3 Å². The van der Waals surface area contributed by atoms with Crippen LogP contribution in [0, 0.1) is 0 Å². The van der Waals surface area contributed by atoms with Crippen LogP contribution in [-0.2, 0) is 9.59 Å². The molecule has 7 heteroatoms. The quantitative estimate of drug-likeness (QED) is 0.855. The first-order valence-electron chi connectivity index (χ1n) is 7.16. The summed E-state index contributed by atoms with van der Waals surface area (Å²) in [5, 5.41) is 12.7. The number of nitrogens with zero attached hydrogens (tertiary/aromatic N) is 2. The normalized spacial score (nSPS) is 17.9. The lowest BCUT2D eigenvalue weighted by molar-refractivity contribution is -0.145. The Labute approximate surface area is 134 Å². The first kappa shape index (κ1) is 16.7. The molecular weight excluding hydrogens is 306 g/mol. The number of carboxylic acid groups (broad SMARTS) is 1. The van der Waals surface area contributed by atoms with Gasteiger partial charge in [0, 0.05) is 36.9 Å². The highest BCUT2D eigenvalue weighted by Gasteiger charge is 2.30. The Morgan fingerprint density at radius 2 is 1.82 bits per heavy atom. The predicted molar refractivity (Wildman–Crippen MR) is 85.2 cm³/mol. The summed E-state index contributed by atoms with van der Waals surface area (Å²) in [6.45, 7) is 2.93. The van der Waals surface area contributed by atoms with E-state index in [0.29, 0.717) is 23.8 Å². The summed E-state index contributed by atoms with van der Waals surface area (Å²) >= 11 is 5.79. The van der Waals surface area contributed by atoms with Crippen LogP contribution < -0.4 is 5.32 Å². The molecule has 0 saturated carbocycles. The van der Waals surface area contributed by atoms with E-state index in [1.54, 1.807) is 24.3 Å². The molecular formula is C15H20ClN3O3. The van der Waals surface area contributed by atoms with Gasteiger partial charge in [-0.2, -0.15) is 0 Å². The van der Waals surface area contributed by atoms with Gasteiger partial charge in [0.15, 0.2) is 0 Å². The zero-order chi connectivity index (χ0) is 16.1. The molecule has 1 fully saturated rings.